The molecule has 2 aromatic carbocycles. The normalized spacial score (nSPS) is 17.0. The largest absolute Gasteiger partial charge is 0.416 e. The summed E-state index contributed by atoms with van der Waals surface area (Å²) in [6.07, 6.45) is -1.97. The minimum absolute atomic E-state index is 0.123. The molecule has 4 rings (SSSR count). The van der Waals surface area contributed by atoms with Crippen LogP contribution in [0.15, 0.2) is 47.4 Å². The Hall–Kier alpha value is -2.55. The molecule has 1 aliphatic carbocycles. The zero-order valence-electron chi connectivity index (χ0n) is 15.4. The van der Waals surface area contributed by atoms with Crippen LogP contribution in [0.1, 0.15) is 29.5 Å². The molecule has 0 unspecified atom stereocenters. The van der Waals surface area contributed by atoms with E-state index in [1.54, 1.807) is 17.0 Å². The molecule has 2 aromatic rings. The van der Waals surface area contributed by atoms with E-state index in [4.69, 9.17) is 0 Å². The molecule has 0 bridgehead atoms. The lowest BCUT2D eigenvalue weighted by molar-refractivity contribution is -0.137. The predicted octanol–water partition coefficient (Wildman–Crippen LogP) is 3.80. The van der Waals surface area contributed by atoms with Gasteiger partial charge < -0.3 is 4.90 Å². The van der Waals surface area contributed by atoms with Gasteiger partial charge in [-0.1, -0.05) is 6.07 Å². The van der Waals surface area contributed by atoms with E-state index in [-0.39, 0.29) is 16.7 Å². The molecule has 0 spiro atoms. The first-order valence-corrected chi connectivity index (χ1v) is 10.7. The Balaban J connectivity index is 1.52. The van der Waals surface area contributed by atoms with Crippen molar-refractivity contribution in [2.75, 3.05) is 11.3 Å². The third-order valence-corrected chi connectivity index (χ3v) is 6.60. The van der Waals surface area contributed by atoms with Crippen LogP contribution in [0.5, 0.6) is 0 Å². The Bertz CT molecular complexity index is 1050. The highest BCUT2D eigenvalue weighted by molar-refractivity contribution is 7.92. The summed E-state index contributed by atoms with van der Waals surface area (Å²) in [5.74, 6) is 0.268. The lowest BCUT2D eigenvalue weighted by Crippen LogP contribution is -2.36. The number of nitrogens with zero attached hydrogens (tertiary/aromatic N) is 1. The maximum atomic E-state index is 12.7. The van der Waals surface area contributed by atoms with E-state index in [9.17, 15) is 26.4 Å². The maximum Gasteiger partial charge on any atom is 0.416 e. The number of sulfonamides is 1. The molecule has 0 radical (unpaired) electrons. The van der Waals surface area contributed by atoms with Gasteiger partial charge in [-0.15, -0.1) is 0 Å². The molecule has 1 N–H and O–H groups in total. The summed E-state index contributed by atoms with van der Waals surface area (Å²) in [4.78, 5) is 13.8. The van der Waals surface area contributed by atoms with Crippen LogP contribution >= 0.6 is 0 Å². The van der Waals surface area contributed by atoms with Crippen LogP contribution in [0.25, 0.3) is 0 Å². The first kappa shape index (κ1) is 19.8. The minimum atomic E-state index is -4.53. The molecule has 1 heterocycles. The first-order valence-electron chi connectivity index (χ1n) is 9.24. The van der Waals surface area contributed by atoms with Crippen molar-refractivity contribution in [3.63, 3.8) is 0 Å². The summed E-state index contributed by atoms with van der Waals surface area (Å²) >= 11 is 0. The van der Waals surface area contributed by atoms with Gasteiger partial charge in [0.2, 0.25) is 5.91 Å². The first-order chi connectivity index (χ1) is 13.6. The smallest absolute Gasteiger partial charge is 0.338 e. The fourth-order valence-electron chi connectivity index (χ4n) is 3.43. The highest BCUT2D eigenvalue weighted by Crippen LogP contribution is 2.33. The molecule has 2 aliphatic rings. The van der Waals surface area contributed by atoms with Crippen molar-refractivity contribution < 1.29 is 26.4 Å². The molecule has 1 aliphatic heterocycles. The Kier molecular flexibility index (Phi) is 4.80. The van der Waals surface area contributed by atoms with Gasteiger partial charge in [0.15, 0.2) is 0 Å². The van der Waals surface area contributed by atoms with Crippen molar-refractivity contribution >= 4 is 21.6 Å². The minimum Gasteiger partial charge on any atom is -0.338 e. The average Bonchev–Trinajstić information content (AvgIpc) is 3.51. The number of benzene rings is 2. The van der Waals surface area contributed by atoms with Gasteiger partial charge in [0, 0.05) is 24.7 Å². The molecule has 1 amide bonds. The van der Waals surface area contributed by atoms with E-state index in [0.29, 0.717) is 25.2 Å². The van der Waals surface area contributed by atoms with Gasteiger partial charge in [0.1, 0.15) is 0 Å². The Morgan fingerprint density at radius 1 is 1.03 bits per heavy atom. The Morgan fingerprint density at radius 2 is 1.72 bits per heavy atom. The van der Waals surface area contributed by atoms with Gasteiger partial charge in [-0.2, -0.15) is 13.2 Å². The molecule has 5 nitrogen and oxygen atoms in total. The zero-order chi connectivity index (χ0) is 20.8. The van der Waals surface area contributed by atoms with Gasteiger partial charge >= 0.3 is 6.18 Å². The van der Waals surface area contributed by atoms with E-state index in [2.05, 4.69) is 4.72 Å². The fourth-order valence-corrected chi connectivity index (χ4v) is 4.48. The molecule has 0 saturated heterocycles. The quantitative estimate of drug-likeness (QED) is 0.812. The van der Waals surface area contributed by atoms with Crippen LogP contribution in [-0.4, -0.2) is 25.8 Å². The molecule has 29 heavy (non-hydrogen) atoms. The van der Waals surface area contributed by atoms with Crippen LogP contribution in [0.2, 0.25) is 0 Å². The van der Waals surface area contributed by atoms with Crippen molar-refractivity contribution in [3.8, 4) is 0 Å². The van der Waals surface area contributed by atoms with Gasteiger partial charge in [0.25, 0.3) is 10.0 Å². The molecule has 9 heteroatoms. The zero-order valence-corrected chi connectivity index (χ0v) is 16.2. The number of rotatable bonds is 4. The monoisotopic (exact) mass is 424 g/mol. The second-order valence-electron chi connectivity index (χ2n) is 7.40. The number of carbonyl (C=O) groups excluding carboxylic acids is 1. The number of carbonyl (C=O) groups is 1. The van der Waals surface area contributed by atoms with Crippen LogP contribution in [0.3, 0.4) is 0 Å². The highest BCUT2D eigenvalue weighted by atomic mass is 32.2. The van der Waals surface area contributed by atoms with E-state index in [0.717, 1.165) is 48.2 Å². The second-order valence-corrected chi connectivity index (χ2v) is 9.08. The van der Waals surface area contributed by atoms with Gasteiger partial charge in [-0.05, 0) is 66.8 Å². The van der Waals surface area contributed by atoms with Crippen molar-refractivity contribution in [1.29, 1.82) is 0 Å². The lowest BCUT2D eigenvalue weighted by atomic mass is 9.99. The van der Waals surface area contributed by atoms with E-state index in [1.807, 2.05) is 6.07 Å². The molecule has 0 aromatic heterocycles. The Morgan fingerprint density at radius 3 is 2.34 bits per heavy atom. The summed E-state index contributed by atoms with van der Waals surface area (Å²) in [5.41, 5.74) is 1.33. The number of anilines is 1. The van der Waals surface area contributed by atoms with Crippen molar-refractivity contribution in [1.82, 2.24) is 4.90 Å². The van der Waals surface area contributed by atoms with Crippen LogP contribution < -0.4 is 4.72 Å². The van der Waals surface area contributed by atoms with Crippen LogP contribution in [0, 0.1) is 5.92 Å². The van der Waals surface area contributed by atoms with Crippen molar-refractivity contribution in [3.05, 3.63) is 59.2 Å². The topological polar surface area (TPSA) is 66.5 Å². The molecule has 1 saturated carbocycles. The standard InChI is InChI=1S/C20H19F3N2O3S/c21-20(22,23)16-4-7-18(8-5-16)29(27,28)24-17-6-3-13-9-10-25(12-15(13)11-17)19(26)14-1-2-14/h3-8,11,14,24H,1-2,9-10,12H2. The summed E-state index contributed by atoms with van der Waals surface area (Å²) in [6.45, 7) is 1.08. The fraction of sp³-hybridized carbons (Fsp3) is 0.350. The molecule has 154 valence electrons. The van der Waals surface area contributed by atoms with Crippen molar-refractivity contribution in [2.24, 2.45) is 5.92 Å². The summed E-state index contributed by atoms with van der Waals surface area (Å²) in [7, 11) is -4.03. The molecular formula is C20H19F3N2O3S. The van der Waals surface area contributed by atoms with E-state index < -0.39 is 21.8 Å². The third-order valence-electron chi connectivity index (χ3n) is 5.20. The molecular weight excluding hydrogens is 405 g/mol. The Labute approximate surface area is 166 Å². The van der Waals surface area contributed by atoms with Crippen molar-refractivity contribution in [2.45, 2.75) is 36.9 Å². The van der Waals surface area contributed by atoms with Crippen LogP contribution in [-0.2, 0) is 34.0 Å². The SMILES string of the molecule is O=C(C1CC1)N1CCc2ccc(NS(=O)(=O)c3ccc(C(F)(F)F)cc3)cc2C1. The van der Waals surface area contributed by atoms with E-state index >= 15 is 0 Å². The number of nitrogens with one attached hydrogen (secondary N) is 1. The summed E-state index contributed by atoms with van der Waals surface area (Å²) < 4.78 is 65.5. The number of alkyl halides is 3. The average molecular weight is 424 g/mol. The predicted molar refractivity (Wildman–Crippen MR) is 101 cm³/mol. The van der Waals surface area contributed by atoms with Gasteiger partial charge in [-0.25, -0.2) is 8.42 Å². The third kappa shape index (κ3) is 4.24. The molecule has 0 atom stereocenters. The summed E-state index contributed by atoms with van der Waals surface area (Å²) in [6, 6.07) is 8.46. The number of hydrogen-bond donors (Lipinski definition) is 1. The number of hydrogen-bond acceptors (Lipinski definition) is 3. The maximum absolute atomic E-state index is 12.7. The number of amides is 1. The van der Waals surface area contributed by atoms with E-state index in [1.165, 1.54) is 0 Å². The lowest BCUT2D eigenvalue weighted by Gasteiger charge is -2.29. The highest BCUT2D eigenvalue weighted by Gasteiger charge is 2.34. The number of fused-ring (bicyclic) bond motifs is 1. The van der Waals surface area contributed by atoms with Gasteiger partial charge in [0.05, 0.1) is 10.5 Å². The molecule has 1 fully saturated rings. The number of halogens is 3. The second kappa shape index (κ2) is 7.05. The summed E-state index contributed by atoms with van der Waals surface area (Å²) in [5, 5.41) is 0. The van der Waals surface area contributed by atoms with Gasteiger partial charge in [-0.3, -0.25) is 9.52 Å². The van der Waals surface area contributed by atoms with Crippen LogP contribution in [0.4, 0.5) is 18.9 Å².